The Morgan fingerprint density at radius 1 is 0.771 bits per heavy atom. The van der Waals surface area contributed by atoms with Crippen molar-refractivity contribution in [1.29, 1.82) is 0 Å². The van der Waals surface area contributed by atoms with Gasteiger partial charge in [0, 0.05) is 17.5 Å². The van der Waals surface area contributed by atoms with E-state index in [1.54, 1.807) is 23.2 Å². The summed E-state index contributed by atoms with van der Waals surface area (Å²) >= 11 is 0. The SMILES string of the molecule is O=C1[C@@H]2C(c3ccc([N+](=O)[O-])cc3)=NN(c3ccccc3)[C@@H]2C(=O)N1c1cccc2ccccc12. The number of nitro benzene ring substituents is 1. The number of para-hydroxylation sites is 1. The van der Waals surface area contributed by atoms with Gasteiger partial charge in [-0.05, 0) is 41.3 Å². The van der Waals surface area contributed by atoms with Crippen LogP contribution in [0.25, 0.3) is 10.8 Å². The van der Waals surface area contributed by atoms with Gasteiger partial charge in [-0.1, -0.05) is 54.6 Å². The normalized spacial score (nSPS) is 19.3. The number of imide groups is 1. The van der Waals surface area contributed by atoms with Crippen LogP contribution in [0.3, 0.4) is 0 Å². The van der Waals surface area contributed by atoms with Crippen molar-refractivity contribution in [2.24, 2.45) is 11.0 Å². The van der Waals surface area contributed by atoms with Crippen LogP contribution in [0.5, 0.6) is 0 Å². The van der Waals surface area contributed by atoms with Gasteiger partial charge in [0.15, 0.2) is 0 Å². The topological polar surface area (TPSA) is 96.1 Å². The average Bonchev–Trinajstić information content (AvgIpc) is 3.41. The lowest BCUT2D eigenvalue weighted by atomic mass is 9.92. The Balaban J connectivity index is 1.49. The molecule has 2 atom stereocenters. The number of fused-ring (bicyclic) bond motifs is 2. The minimum atomic E-state index is -0.853. The third-order valence-electron chi connectivity index (χ3n) is 6.45. The average molecular weight is 462 g/mol. The lowest BCUT2D eigenvalue weighted by molar-refractivity contribution is -0.384. The number of nitrogens with zero attached hydrogens (tertiary/aromatic N) is 4. The molecule has 8 heteroatoms. The number of carbonyl (C=O) groups is 2. The van der Waals surface area contributed by atoms with Gasteiger partial charge in [-0.25, -0.2) is 4.90 Å². The molecule has 1 saturated heterocycles. The van der Waals surface area contributed by atoms with E-state index < -0.39 is 16.9 Å². The molecule has 0 unspecified atom stereocenters. The maximum Gasteiger partial charge on any atom is 0.269 e. The molecule has 2 heterocycles. The van der Waals surface area contributed by atoms with E-state index in [-0.39, 0.29) is 17.5 Å². The Hall–Kier alpha value is -4.85. The second-order valence-electron chi connectivity index (χ2n) is 8.40. The van der Waals surface area contributed by atoms with E-state index in [0.29, 0.717) is 22.6 Å². The smallest absolute Gasteiger partial charge is 0.269 e. The first-order valence-electron chi connectivity index (χ1n) is 11.1. The molecule has 2 aliphatic rings. The lowest BCUT2D eigenvalue weighted by Crippen LogP contribution is -2.39. The van der Waals surface area contributed by atoms with Crippen molar-refractivity contribution >= 4 is 45.4 Å². The van der Waals surface area contributed by atoms with Gasteiger partial charge in [-0.15, -0.1) is 0 Å². The fourth-order valence-electron chi connectivity index (χ4n) is 4.84. The van der Waals surface area contributed by atoms with Crippen LogP contribution < -0.4 is 9.91 Å². The van der Waals surface area contributed by atoms with E-state index in [2.05, 4.69) is 0 Å². The second-order valence-corrected chi connectivity index (χ2v) is 8.40. The zero-order valence-electron chi connectivity index (χ0n) is 18.3. The predicted octanol–water partition coefficient (Wildman–Crippen LogP) is 4.53. The molecule has 0 aliphatic carbocycles. The Morgan fingerprint density at radius 3 is 2.20 bits per heavy atom. The van der Waals surface area contributed by atoms with E-state index in [1.165, 1.54) is 17.0 Å². The summed E-state index contributed by atoms with van der Waals surface area (Å²) in [5, 5.41) is 19.1. The summed E-state index contributed by atoms with van der Waals surface area (Å²) in [6, 6.07) is 27.4. The number of carbonyl (C=O) groups excluding carboxylic acids is 2. The van der Waals surface area contributed by atoms with Gasteiger partial charge in [0.2, 0.25) is 5.91 Å². The van der Waals surface area contributed by atoms with Crippen molar-refractivity contribution in [3.8, 4) is 0 Å². The molecule has 0 bridgehead atoms. The number of anilines is 2. The summed E-state index contributed by atoms with van der Waals surface area (Å²) in [5.41, 5.74) is 2.12. The molecule has 35 heavy (non-hydrogen) atoms. The van der Waals surface area contributed by atoms with Gasteiger partial charge < -0.3 is 0 Å². The molecule has 170 valence electrons. The molecule has 4 aromatic rings. The molecule has 0 spiro atoms. The standard InChI is InChI=1S/C27H18N4O4/c32-26-23-24(18-13-15-20(16-14-18)31(34)35)28-30(19-9-2-1-3-10-19)25(23)27(33)29(26)22-12-6-8-17-7-4-5-11-21(17)22/h1-16,23,25H/t23-,25+/m1/s1. The number of non-ortho nitro benzene ring substituents is 1. The highest BCUT2D eigenvalue weighted by Gasteiger charge is 2.57. The molecule has 0 saturated carbocycles. The van der Waals surface area contributed by atoms with Crippen LogP contribution in [0.1, 0.15) is 5.56 Å². The van der Waals surface area contributed by atoms with Crippen molar-refractivity contribution in [2.75, 3.05) is 9.91 Å². The van der Waals surface area contributed by atoms with E-state index >= 15 is 0 Å². The van der Waals surface area contributed by atoms with Crippen molar-refractivity contribution in [3.63, 3.8) is 0 Å². The van der Waals surface area contributed by atoms with Crippen LogP contribution in [0.2, 0.25) is 0 Å². The number of amides is 2. The van der Waals surface area contributed by atoms with Gasteiger partial charge in [0.25, 0.3) is 11.6 Å². The molecule has 0 radical (unpaired) electrons. The molecule has 4 aromatic carbocycles. The van der Waals surface area contributed by atoms with Gasteiger partial charge in [0.05, 0.1) is 22.0 Å². The summed E-state index contributed by atoms with van der Waals surface area (Å²) in [6.45, 7) is 0. The number of benzene rings is 4. The molecule has 8 nitrogen and oxygen atoms in total. The molecule has 0 aromatic heterocycles. The Bertz CT molecular complexity index is 1530. The molecule has 1 fully saturated rings. The number of hydrogen-bond donors (Lipinski definition) is 0. The summed E-state index contributed by atoms with van der Waals surface area (Å²) in [7, 11) is 0. The van der Waals surface area contributed by atoms with E-state index in [1.807, 2.05) is 66.7 Å². The first kappa shape index (κ1) is 20.7. The van der Waals surface area contributed by atoms with Crippen molar-refractivity contribution < 1.29 is 14.5 Å². The van der Waals surface area contributed by atoms with Crippen LogP contribution in [0, 0.1) is 16.0 Å². The maximum atomic E-state index is 13.9. The fourth-order valence-corrected chi connectivity index (χ4v) is 4.84. The van der Waals surface area contributed by atoms with Crippen molar-refractivity contribution in [2.45, 2.75) is 6.04 Å². The van der Waals surface area contributed by atoms with Gasteiger partial charge in [-0.3, -0.25) is 24.7 Å². The molecule has 0 N–H and O–H groups in total. The highest BCUT2D eigenvalue weighted by molar-refractivity contribution is 6.35. The van der Waals surface area contributed by atoms with Crippen molar-refractivity contribution in [1.82, 2.24) is 0 Å². The minimum Gasteiger partial charge on any atom is -0.273 e. The second kappa shape index (κ2) is 7.88. The van der Waals surface area contributed by atoms with E-state index in [9.17, 15) is 19.7 Å². The third kappa shape index (κ3) is 3.18. The van der Waals surface area contributed by atoms with Gasteiger partial charge in [-0.2, -0.15) is 5.10 Å². The third-order valence-corrected chi connectivity index (χ3v) is 6.45. The van der Waals surface area contributed by atoms with Crippen LogP contribution in [-0.4, -0.2) is 28.5 Å². The number of hydrazone groups is 1. The maximum absolute atomic E-state index is 13.9. The Kier molecular flexibility index (Phi) is 4.67. The Labute approximate surface area is 199 Å². The fraction of sp³-hybridized carbons (Fsp3) is 0.0741. The Morgan fingerprint density at radius 2 is 1.46 bits per heavy atom. The lowest BCUT2D eigenvalue weighted by Gasteiger charge is -2.22. The highest BCUT2D eigenvalue weighted by atomic mass is 16.6. The zero-order valence-corrected chi connectivity index (χ0v) is 18.3. The summed E-state index contributed by atoms with van der Waals surface area (Å²) in [6.07, 6.45) is 0. The zero-order chi connectivity index (χ0) is 24.1. The summed E-state index contributed by atoms with van der Waals surface area (Å²) in [4.78, 5) is 39.6. The molecular weight excluding hydrogens is 444 g/mol. The quantitative estimate of drug-likeness (QED) is 0.252. The van der Waals surface area contributed by atoms with E-state index in [0.717, 1.165) is 10.8 Å². The summed E-state index contributed by atoms with van der Waals surface area (Å²) in [5.74, 6) is -1.57. The first-order chi connectivity index (χ1) is 17.0. The molecule has 2 amide bonds. The largest absolute Gasteiger partial charge is 0.273 e. The van der Waals surface area contributed by atoms with Crippen molar-refractivity contribution in [3.05, 3.63) is 113 Å². The van der Waals surface area contributed by atoms with Crippen LogP contribution in [-0.2, 0) is 9.59 Å². The van der Waals surface area contributed by atoms with Crippen LogP contribution in [0.15, 0.2) is 102 Å². The van der Waals surface area contributed by atoms with Crippen LogP contribution >= 0.6 is 0 Å². The highest BCUT2D eigenvalue weighted by Crippen LogP contribution is 2.41. The van der Waals surface area contributed by atoms with Gasteiger partial charge in [0.1, 0.15) is 12.0 Å². The number of rotatable bonds is 4. The van der Waals surface area contributed by atoms with E-state index in [4.69, 9.17) is 5.10 Å². The minimum absolute atomic E-state index is 0.0602. The van der Waals surface area contributed by atoms with Crippen LogP contribution in [0.4, 0.5) is 17.1 Å². The first-order valence-corrected chi connectivity index (χ1v) is 11.1. The predicted molar refractivity (Wildman–Crippen MR) is 132 cm³/mol. The molecule has 2 aliphatic heterocycles. The number of nitro groups is 1. The number of hydrogen-bond acceptors (Lipinski definition) is 6. The molecule has 6 rings (SSSR count). The van der Waals surface area contributed by atoms with Gasteiger partial charge >= 0.3 is 0 Å². The molecular formula is C27H18N4O4. The summed E-state index contributed by atoms with van der Waals surface area (Å²) < 4.78 is 0. The monoisotopic (exact) mass is 462 g/mol.